The predicted octanol–water partition coefficient (Wildman–Crippen LogP) is 0.741. The maximum absolute atomic E-state index is 5.56. The molecule has 4 nitrogen and oxygen atoms in total. The number of fused-ring (bicyclic) bond motifs is 1. The fourth-order valence-corrected chi connectivity index (χ4v) is 1.49. The summed E-state index contributed by atoms with van der Waals surface area (Å²) in [5.41, 5.74) is 8.73. The summed E-state index contributed by atoms with van der Waals surface area (Å²) in [5, 5.41) is 3.06. The van der Waals surface area contributed by atoms with Gasteiger partial charge < -0.3 is 16.0 Å². The van der Waals surface area contributed by atoms with E-state index in [-0.39, 0.29) is 0 Å². The van der Waals surface area contributed by atoms with Crippen LogP contribution in [0.5, 0.6) is 0 Å². The van der Waals surface area contributed by atoms with Crippen LogP contribution < -0.4 is 11.1 Å². The van der Waals surface area contributed by atoms with Crippen LogP contribution in [-0.4, -0.2) is 17.0 Å². The number of rotatable bonds is 3. The van der Waals surface area contributed by atoms with Crippen LogP contribution in [0.15, 0.2) is 18.2 Å². The smallest absolute Gasteiger partial charge is 0.121 e. The molecule has 0 aliphatic carbocycles. The molecular weight excluding hydrogens is 176 g/mol. The number of H-pyrrole nitrogens is 1. The van der Waals surface area contributed by atoms with E-state index >= 15 is 0 Å². The van der Waals surface area contributed by atoms with E-state index in [2.05, 4.69) is 15.3 Å². The lowest BCUT2D eigenvalue weighted by atomic mass is 10.2. The number of hydrogen-bond acceptors (Lipinski definition) is 3. The summed E-state index contributed by atoms with van der Waals surface area (Å²) in [6.07, 6.45) is 0. The van der Waals surface area contributed by atoms with E-state index in [0.29, 0.717) is 6.54 Å². The molecule has 0 spiro atoms. The molecule has 2 aromatic rings. The number of imidazole rings is 1. The van der Waals surface area contributed by atoms with Crippen LogP contribution in [0.4, 0.5) is 0 Å². The van der Waals surface area contributed by atoms with Gasteiger partial charge in [-0.25, -0.2) is 4.98 Å². The van der Waals surface area contributed by atoms with Crippen LogP contribution in [0.2, 0.25) is 0 Å². The summed E-state index contributed by atoms with van der Waals surface area (Å²) in [6.45, 7) is 1.32. The molecule has 14 heavy (non-hydrogen) atoms. The van der Waals surface area contributed by atoms with Crippen LogP contribution in [0.3, 0.4) is 0 Å². The van der Waals surface area contributed by atoms with Crippen LogP contribution in [-0.2, 0) is 13.1 Å². The molecule has 0 saturated heterocycles. The maximum Gasteiger partial charge on any atom is 0.121 e. The number of aromatic nitrogens is 2. The summed E-state index contributed by atoms with van der Waals surface area (Å²) in [7, 11) is 1.90. The predicted molar refractivity (Wildman–Crippen MR) is 56.7 cm³/mol. The molecule has 4 heteroatoms. The molecule has 0 unspecified atom stereocenters. The summed E-state index contributed by atoms with van der Waals surface area (Å²) in [4.78, 5) is 7.66. The zero-order chi connectivity index (χ0) is 9.97. The van der Waals surface area contributed by atoms with E-state index < -0.39 is 0 Å². The third-order valence-electron chi connectivity index (χ3n) is 2.18. The molecule has 1 heterocycles. The first-order valence-electron chi connectivity index (χ1n) is 4.65. The normalized spacial score (nSPS) is 11.0. The number of nitrogens with one attached hydrogen (secondary N) is 2. The Labute approximate surface area is 82.5 Å². The van der Waals surface area contributed by atoms with Gasteiger partial charge in [0.25, 0.3) is 0 Å². The summed E-state index contributed by atoms with van der Waals surface area (Å²) in [5.74, 6) is 0.955. The molecule has 0 fully saturated rings. The Morgan fingerprint density at radius 2 is 2.36 bits per heavy atom. The molecule has 2 rings (SSSR count). The second kappa shape index (κ2) is 3.77. The van der Waals surface area contributed by atoms with E-state index in [4.69, 9.17) is 5.73 Å². The first kappa shape index (κ1) is 9.18. The Kier molecular flexibility index (Phi) is 2.47. The molecule has 0 bridgehead atoms. The average Bonchev–Trinajstić information content (AvgIpc) is 2.59. The number of nitrogens with zero attached hydrogens (tertiary/aromatic N) is 1. The van der Waals surface area contributed by atoms with Crippen LogP contribution >= 0.6 is 0 Å². The Morgan fingerprint density at radius 1 is 1.50 bits per heavy atom. The Hall–Kier alpha value is -1.39. The number of aromatic amines is 1. The van der Waals surface area contributed by atoms with Crippen LogP contribution in [0.1, 0.15) is 11.4 Å². The van der Waals surface area contributed by atoms with Gasteiger partial charge in [0, 0.05) is 6.54 Å². The van der Waals surface area contributed by atoms with Crippen molar-refractivity contribution in [2.45, 2.75) is 13.1 Å². The third-order valence-corrected chi connectivity index (χ3v) is 2.18. The van der Waals surface area contributed by atoms with Gasteiger partial charge in [0.2, 0.25) is 0 Å². The first-order valence-corrected chi connectivity index (χ1v) is 4.65. The minimum Gasteiger partial charge on any atom is -0.341 e. The molecule has 0 aliphatic heterocycles. The van der Waals surface area contributed by atoms with E-state index in [1.165, 1.54) is 0 Å². The van der Waals surface area contributed by atoms with Crippen molar-refractivity contribution >= 4 is 11.0 Å². The zero-order valence-electron chi connectivity index (χ0n) is 8.17. The molecule has 0 radical (unpaired) electrons. The molecule has 1 aromatic carbocycles. The lowest BCUT2D eigenvalue weighted by Crippen LogP contribution is -2.06. The van der Waals surface area contributed by atoms with Crippen molar-refractivity contribution in [3.63, 3.8) is 0 Å². The minimum absolute atomic E-state index is 0.566. The lowest BCUT2D eigenvalue weighted by molar-refractivity contribution is 0.775. The fraction of sp³-hybridized carbons (Fsp3) is 0.300. The maximum atomic E-state index is 5.56. The highest BCUT2D eigenvalue weighted by Crippen LogP contribution is 2.13. The van der Waals surface area contributed by atoms with E-state index in [0.717, 1.165) is 29.0 Å². The highest BCUT2D eigenvalue weighted by Gasteiger charge is 2.01. The van der Waals surface area contributed by atoms with Gasteiger partial charge in [-0.3, -0.25) is 0 Å². The van der Waals surface area contributed by atoms with Crippen molar-refractivity contribution in [1.29, 1.82) is 0 Å². The quantitative estimate of drug-likeness (QED) is 0.668. The fourth-order valence-electron chi connectivity index (χ4n) is 1.49. The van der Waals surface area contributed by atoms with Crippen molar-refractivity contribution in [3.8, 4) is 0 Å². The number of benzene rings is 1. The largest absolute Gasteiger partial charge is 0.341 e. The van der Waals surface area contributed by atoms with Gasteiger partial charge in [-0.05, 0) is 24.7 Å². The second-order valence-corrected chi connectivity index (χ2v) is 3.27. The second-order valence-electron chi connectivity index (χ2n) is 3.27. The van der Waals surface area contributed by atoms with Gasteiger partial charge >= 0.3 is 0 Å². The van der Waals surface area contributed by atoms with Crippen molar-refractivity contribution in [1.82, 2.24) is 15.3 Å². The first-order chi connectivity index (χ1) is 6.83. The lowest BCUT2D eigenvalue weighted by Gasteiger charge is -1.94. The highest BCUT2D eigenvalue weighted by molar-refractivity contribution is 5.75. The van der Waals surface area contributed by atoms with E-state index in [1.807, 2.05) is 25.2 Å². The standard InChI is InChI=1S/C10H14N4/c1-12-6-10-13-8-3-2-7(5-11)4-9(8)14-10/h2-4,12H,5-6,11H2,1H3,(H,13,14). The molecular formula is C10H14N4. The van der Waals surface area contributed by atoms with Crippen LogP contribution in [0, 0.1) is 0 Å². The van der Waals surface area contributed by atoms with Crippen molar-refractivity contribution in [2.75, 3.05) is 7.05 Å². The Morgan fingerprint density at radius 3 is 3.07 bits per heavy atom. The van der Waals surface area contributed by atoms with E-state index in [9.17, 15) is 0 Å². The van der Waals surface area contributed by atoms with Gasteiger partial charge in [-0.2, -0.15) is 0 Å². The number of nitrogens with two attached hydrogens (primary N) is 1. The molecule has 0 amide bonds. The summed E-state index contributed by atoms with van der Waals surface area (Å²) < 4.78 is 0. The van der Waals surface area contributed by atoms with Crippen LogP contribution in [0.25, 0.3) is 11.0 Å². The van der Waals surface area contributed by atoms with Gasteiger partial charge in [-0.1, -0.05) is 6.07 Å². The Balaban J connectivity index is 2.43. The van der Waals surface area contributed by atoms with Gasteiger partial charge in [0.1, 0.15) is 5.82 Å². The molecule has 0 saturated carbocycles. The zero-order valence-corrected chi connectivity index (χ0v) is 8.17. The summed E-state index contributed by atoms with van der Waals surface area (Å²) in [6, 6.07) is 6.04. The molecule has 1 aromatic heterocycles. The highest BCUT2D eigenvalue weighted by atomic mass is 15.0. The third kappa shape index (κ3) is 1.62. The number of hydrogen-bond donors (Lipinski definition) is 3. The molecule has 0 aliphatic rings. The summed E-state index contributed by atoms with van der Waals surface area (Å²) >= 11 is 0. The van der Waals surface area contributed by atoms with Crippen molar-refractivity contribution < 1.29 is 0 Å². The average molecular weight is 190 g/mol. The van der Waals surface area contributed by atoms with Crippen molar-refractivity contribution in [2.24, 2.45) is 5.73 Å². The van der Waals surface area contributed by atoms with Gasteiger partial charge in [0.05, 0.1) is 17.6 Å². The van der Waals surface area contributed by atoms with Gasteiger partial charge in [-0.15, -0.1) is 0 Å². The minimum atomic E-state index is 0.566. The van der Waals surface area contributed by atoms with Gasteiger partial charge in [0.15, 0.2) is 0 Å². The Bertz CT molecular complexity index is 433. The topological polar surface area (TPSA) is 66.7 Å². The molecule has 4 N–H and O–H groups in total. The van der Waals surface area contributed by atoms with E-state index in [1.54, 1.807) is 0 Å². The SMILES string of the molecule is CNCc1nc2ccc(CN)cc2[nH]1. The molecule has 74 valence electrons. The molecule has 0 atom stereocenters. The monoisotopic (exact) mass is 190 g/mol. The van der Waals surface area contributed by atoms with Crippen molar-refractivity contribution in [3.05, 3.63) is 29.6 Å².